The number of rotatable bonds is 3. The van der Waals surface area contributed by atoms with Crippen molar-refractivity contribution in [3.8, 4) is 11.6 Å². The zero-order valence-corrected chi connectivity index (χ0v) is 9.49. The van der Waals surface area contributed by atoms with Crippen molar-refractivity contribution in [3.63, 3.8) is 0 Å². The van der Waals surface area contributed by atoms with Crippen molar-refractivity contribution in [1.82, 2.24) is 9.97 Å². The molecule has 2 aromatic rings. The third kappa shape index (κ3) is 2.89. The molecule has 0 atom stereocenters. The van der Waals surface area contributed by atoms with Crippen LogP contribution in [-0.2, 0) is 6.54 Å². The molecule has 6 heteroatoms. The summed E-state index contributed by atoms with van der Waals surface area (Å²) in [4.78, 5) is 8.01. The summed E-state index contributed by atoms with van der Waals surface area (Å²) in [7, 11) is 0. The second-order valence-corrected chi connectivity index (χ2v) is 3.64. The Kier molecular flexibility index (Phi) is 3.51. The molecular formula is C11H9ClFN3O. The summed E-state index contributed by atoms with van der Waals surface area (Å²) >= 11 is 5.62. The van der Waals surface area contributed by atoms with E-state index in [1.54, 1.807) is 0 Å². The Morgan fingerprint density at radius 1 is 1.29 bits per heavy atom. The van der Waals surface area contributed by atoms with Crippen LogP contribution in [0.25, 0.3) is 0 Å². The first kappa shape index (κ1) is 11.8. The minimum atomic E-state index is -0.497. The lowest BCUT2D eigenvalue weighted by Crippen LogP contribution is -2.00. The van der Waals surface area contributed by atoms with Crippen molar-refractivity contribution >= 4 is 11.6 Å². The predicted molar refractivity (Wildman–Crippen MR) is 61.4 cm³/mol. The van der Waals surface area contributed by atoms with Crippen LogP contribution in [0, 0.1) is 5.82 Å². The summed E-state index contributed by atoms with van der Waals surface area (Å²) in [6.07, 6.45) is 2.96. The van der Waals surface area contributed by atoms with Gasteiger partial charge in [0.25, 0.3) is 0 Å². The largest absolute Gasteiger partial charge is 0.437 e. The molecule has 0 bridgehead atoms. The molecule has 0 fully saturated rings. The van der Waals surface area contributed by atoms with Crippen molar-refractivity contribution in [1.29, 1.82) is 0 Å². The number of nitrogens with zero attached hydrogens (tertiary/aromatic N) is 2. The van der Waals surface area contributed by atoms with Crippen LogP contribution in [0.3, 0.4) is 0 Å². The van der Waals surface area contributed by atoms with Crippen molar-refractivity contribution in [2.75, 3.05) is 0 Å². The first-order valence-electron chi connectivity index (χ1n) is 4.83. The maximum absolute atomic E-state index is 12.9. The van der Waals surface area contributed by atoms with Crippen molar-refractivity contribution in [3.05, 3.63) is 47.1 Å². The predicted octanol–water partition coefficient (Wildman–Crippen LogP) is 2.52. The number of nitrogens with two attached hydrogens (primary N) is 1. The van der Waals surface area contributed by atoms with E-state index in [0.717, 1.165) is 0 Å². The van der Waals surface area contributed by atoms with Gasteiger partial charge in [-0.25, -0.2) is 9.37 Å². The highest BCUT2D eigenvalue weighted by atomic mass is 35.5. The SMILES string of the molecule is NCc1cnc(Oc2ccc(F)c(Cl)c2)cn1. The smallest absolute Gasteiger partial charge is 0.237 e. The van der Waals surface area contributed by atoms with Crippen LogP contribution in [0.2, 0.25) is 5.02 Å². The van der Waals surface area contributed by atoms with E-state index in [9.17, 15) is 4.39 Å². The van der Waals surface area contributed by atoms with E-state index in [-0.39, 0.29) is 5.02 Å². The Morgan fingerprint density at radius 3 is 2.71 bits per heavy atom. The zero-order valence-electron chi connectivity index (χ0n) is 8.73. The maximum atomic E-state index is 12.9. The van der Waals surface area contributed by atoms with Gasteiger partial charge in [-0.05, 0) is 12.1 Å². The lowest BCUT2D eigenvalue weighted by Gasteiger charge is -2.05. The van der Waals surface area contributed by atoms with Crippen LogP contribution in [0.15, 0.2) is 30.6 Å². The summed E-state index contributed by atoms with van der Waals surface area (Å²) in [5.74, 6) is 0.194. The van der Waals surface area contributed by atoms with Gasteiger partial charge < -0.3 is 10.5 Å². The molecule has 0 saturated heterocycles. The van der Waals surface area contributed by atoms with E-state index in [4.69, 9.17) is 22.1 Å². The molecular weight excluding hydrogens is 245 g/mol. The summed E-state index contributed by atoms with van der Waals surface area (Å²) in [5.41, 5.74) is 6.05. The minimum Gasteiger partial charge on any atom is -0.437 e. The van der Waals surface area contributed by atoms with E-state index in [1.165, 1.54) is 30.6 Å². The highest BCUT2D eigenvalue weighted by Crippen LogP contribution is 2.24. The van der Waals surface area contributed by atoms with Gasteiger partial charge in [0.15, 0.2) is 0 Å². The Bertz CT molecular complexity index is 519. The fourth-order valence-corrected chi connectivity index (χ4v) is 1.33. The third-order valence-electron chi connectivity index (χ3n) is 2.00. The second kappa shape index (κ2) is 5.07. The molecule has 1 aromatic carbocycles. The fraction of sp³-hybridized carbons (Fsp3) is 0.0909. The molecule has 0 spiro atoms. The van der Waals surface area contributed by atoms with E-state index in [1.807, 2.05) is 0 Å². The molecule has 4 nitrogen and oxygen atoms in total. The van der Waals surface area contributed by atoms with Crippen molar-refractivity contribution < 1.29 is 9.13 Å². The quantitative estimate of drug-likeness (QED) is 0.913. The van der Waals surface area contributed by atoms with E-state index < -0.39 is 5.82 Å². The van der Waals surface area contributed by atoms with Gasteiger partial charge in [-0.3, -0.25) is 4.98 Å². The van der Waals surface area contributed by atoms with Gasteiger partial charge in [0.05, 0.1) is 23.1 Å². The number of hydrogen-bond donors (Lipinski definition) is 1. The second-order valence-electron chi connectivity index (χ2n) is 3.23. The first-order chi connectivity index (χ1) is 8.19. The molecule has 0 unspecified atom stereocenters. The zero-order chi connectivity index (χ0) is 12.3. The van der Waals surface area contributed by atoms with Gasteiger partial charge in [-0.15, -0.1) is 0 Å². The summed E-state index contributed by atoms with van der Waals surface area (Å²) in [6.45, 7) is 0.315. The van der Waals surface area contributed by atoms with Gasteiger partial charge in [0.2, 0.25) is 5.88 Å². The molecule has 2 rings (SSSR count). The monoisotopic (exact) mass is 253 g/mol. The molecule has 0 radical (unpaired) electrons. The highest BCUT2D eigenvalue weighted by molar-refractivity contribution is 6.30. The van der Waals surface area contributed by atoms with Crippen molar-refractivity contribution in [2.45, 2.75) is 6.54 Å². The van der Waals surface area contributed by atoms with Crippen LogP contribution >= 0.6 is 11.6 Å². The Labute approximate surface area is 102 Å². The third-order valence-corrected chi connectivity index (χ3v) is 2.29. The van der Waals surface area contributed by atoms with Crippen molar-refractivity contribution in [2.24, 2.45) is 5.73 Å². The molecule has 88 valence electrons. The number of hydrogen-bond acceptors (Lipinski definition) is 4. The summed E-state index contributed by atoms with van der Waals surface area (Å²) < 4.78 is 18.3. The van der Waals surface area contributed by atoms with Gasteiger partial charge in [0, 0.05) is 12.6 Å². The van der Waals surface area contributed by atoms with Gasteiger partial charge in [-0.1, -0.05) is 11.6 Å². The maximum Gasteiger partial charge on any atom is 0.237 e. The van der Waals surface area contributed by atoms with Crippen LogP contribution in [-0.4, -0.2) is 9.97 Å². The lowest BCUT2D eigenvalue weighted by atomic mass is 10.3. The Balaban J connectivity index is 2.16. The molecule has 0 amide bonds. The molecule has 0 aliphatic rings. The fourth-order valence-electron chi connectivity index (χ4n) is 1.16. The Morgan fingerprint density at radius 2 is 2.12 bits per heavy atom. The summed E-state index contributed by atoms with van der Waals surface area (Å²) in [6, 6.07) is 4.05. The van der Waals surface area contributed by atoms with Crippen LogP contribution in [0.1, 0.15) is 5.69 Å². The number of aromatic nitrogens is 2. The highest BCUT2D eigenvalue weighted by Gasteiger charge is 2.04. The average Bonchev–Trinajstić information content (AvgIpc) is 2.35. The van der Waals surface area contributed by atoms with Gasteiger partial charge >= 0.3 is 0 Å². The number of halogens is 2. The molecule has 17 heavy (non-hydrogen) atoms. The molecule has 2 N–H and O–H groups in total. The van der Waals surface area contributed by atoms with E-state index >= 15 is 0 Å². The van der Waals surface area contributed by atoms with Gasteiger partial charge in [-0.2, -0.15) is 0 Å². The topological polar surface area (TPSA) is 61.0 Å². The van der Waals surface area contributed by atoms with Crippen LogP contribution < -0.4 is 10.5 Å². The lowest BCUT2D eigenvalue weighted by molar-refractivity contribution is 0.457. The summed E-state index contributed by atoms with van der Waals surface area (Å²) in [5, 5.41) is -0.00552. The minimum absolute atomic E-state index is 0.00552. The van der Waals surface area contributed by atoms with E-state index in [2.05, 4.69) is 9.97 Å². The molecule has 0 saturated carbocycles. The first-order valence-corrected chi connectivity index (χ1v) is 5.20. The average molecular weight is 254 g/mol. The molecule has 1 heterocycles. The van der Waals surface area contributed by atoms with E-state index in [0.29, 0.717) is 23.9 Å². The normalized spacial score (nSPS) is 10.3. The molecule has 0 aliphatic carbocycles. The van der Waals surface area contributed by atoms with Crippen LogP contribution in [0.5, 0.6) is 11.6 Å². The van der Waals surface area contributed by atoms with Gasteiger partial charge in [0.1, 0.15) is 11.6 Å². The van der Waals surface area contributed by atoms with Crippen LogP contribution in [0.4, 0.5) is 4.39 Å². The number of ether oxygens (including phenoxy) is 1. The Hall–Kier alpha value is -1.72. The standard InChI is InChI=1S/C11H9ClFN3O/c12-9-3-8(1-2-10(9)13)17-11-6-15-7(4-14)5-16-11/h1-3,5-6H,4,14H2. The number of benzene rings is 1. The molecule has 0 aliphatic heterocycles. The molecule has 1 aromatic heterocycles.